The van der Waals surface area contributed by atoms with Gasteiger partial charge in [0.05, 0.1) is 6.10 Å². The van der Waals surface area contributed by atoms with Gasteiger partial charge >= 0.3 is 0 Å². The van der Waals surface area contributed by atoms with Gasteiger partial charge in [0.25, 0.3) is 0 Å². The van der Waals surface area contributed by atoms with Crippen molar-refractivity contribution in [1.29, 1.82) is 0 Å². The van der Waals surface area contributed by atoms with Gasteiger partial charge in [-0.2, -0.15) is 0 Å². The predicted octanol–water partition coefficient (Wildman–Crippen LogP) is 3.34. The highest BCUT2D eigenvalue weighted by molar-refractivity contribution is 4.99. The van der Waals surface area contributed by atoms with Gasteiger partial charge in [0, 0.05) is 11.1 Å². The third-order valence-electron chi connectivity index (χ3n) is 5.05. The average Bonchev–Trinajstić information content (AvgIpc) is 2.17. The standard InChI is InChI=1S/C16H31NO/c1-11-8-12(6-7-14(11)18)13-9-15(2,3)17-16(4,5)10-13/h11-14,17-18H,6-10H2,1-5H3. The zero-order valence-electron chi connectivity index (χ0n) is 12.8. The second-order valence-electron chi connectivity index (χ2n) is 8.18. The third kappa shape index (κ3) is 3.27. The Morgan fingerprint density at radius 3 is 2.00 bits per heavy atom. The molecule has 2 heteroatoms. The number of aliphatic hydroxyl groups is 1. The molecule has 106 valence electrons. The molecule has 0 aromatic heterocycles. The van der Waals surface area contributed by atoms with E-state index in [-0.39, 0.29) is 17.2 Å². The summed E-state index contributed by atoms with van der Waals surface area (Å²) in [5.74, 6) is 2.14. The van der Waals surface area contributed by atoms with Crippen molar-refractivity contribution in [1.82, 2.24) is 5.32 Å². The summed E-state index contributed by atoms with van der Waals surface area (Å²) in [5, 5.41) is 13.7. The Bertz CT molecular complexity index is 281. The normalized spacial score (nSPS) is 40.7. The zero-order chi connectivity index (χ0) is 13.6. The van der Waals surface area contributed by atoms with Crippen molar-refractivity contribution in [2.24, 2.45) is 17.8 Å². The molecule has 3 unspecified atom stereocenters. The van der Waals surface area contributed by atoms with Gasteiger partial charge in [-0.15, -0.1) is 0 Å². The van der Waals surface area contributed by atoms with Gasteiger partial charge in [0.1, 0.15) is 0 Å². The summed E-state index contributed by atoms with van der Waals surface area (Å²) in [5.41, 5.74) is 0.511. The van der Waals surface area contributed by atoms with Crippen molar-refractivity contribution in [3.8, 4) is 0 Å². The van der Waals surface area contributed by atoms with Crippen LogP contribution in [0.25, 0.3) is 0 Å². The molecule has 1 saturated carbocycles. The van der Waals surface area contributed by atoms with Gasteiger partial charge in [0.2, 0.25) is 0 Å². The first-order valence-corrected chi connectivity index (χ1v) is 7.66. The molecule has 1 saturated heterocycles. The van der Waals surface area contributed by atoms with Crippen LogP contribution >= 0.6 is 0 Å². The largest absolute Gasteiger partial charge is 0.393 e. The molecule has 3 atom stereocenters. The SMILES string of the molecule is CC1CC(C2CC(C)(C)NC(C)(C)C2)CCC1O. The molecule has 1 aliphatic heterocycles. The highest BCUT2D eigenvalue weighted by Crippen LogP contribution is 2.43. The van der Waals surface area contributed by atoms with Gasteiger partial charge in [0.15, 0.2) is 0 Å². The molecule has 2 aliphatic rings. The van der Waals surface area contributed by atoms with Crippen molar-refractivity contribution in [2.75, 3.05) is 0 Å². The Morgan fingerprint density at radius 1 is 0.944 bits per heavy atom. The number of piperidine rings is 1. The van der Waals surface area contributed by atoms with E-state index in [2.05, 4.69) is 39.9 Å². The Kier molecular flexibility index (Phi) is 3.81. The topological polar surface area (TPSA) is 32.3 Å². The van der Waals surface area contributed by atoms with Gasteiger partial charge in [-0.25, -0.2) is 0 Å². The minimum Gasteiger partial charge on any atom is -0.393 e. The highest BCUT2D eigenvalue weighted by Gasteiger charge is 2.42. The van der Waals surface area contributed by atoms with E-state index in [1.165, 1.54) is 25.7 Å². The number of aliphatic hydroxyl groups excluding tert-OH is 1. The molecular weight excluding hydrogens is 222 g/mol. The molecule has 1 heterocycles. The lowest BCUT2D eigenvalue weighted by molar-refractivity contribution is 0.0146. The van der Waals surface area contributed by atoms with Crippen molar-refractivity contribution < 1.29 is 5.11 Å². The van der Waals surface area contributed by atoms with Crippen LogP contribution in [0.3, 0.4) is 0 Å². The third-order valence-corrected chi connectivity index (χ3v) is 5.05. The molecule has 2 rings (SSSR count). The van der Waals surface area contributed by atoms with Crippen molar-refractivity contribution in [2.45, 2.75) is 83.9 Å². The van der Waals surface area contributed by atoms with Gasteiger partial charge < -0.3 is 10.4 Å². The summed E-state index contributed by atoms with van der Waals surface area (Å²) in [6.07, 6.45) is 5.97. The monoisotopic (exact) mass is 253 g/mol. The van der Waals surface area contributed by atoms with E-state index < -0.39 is 0 Å². The van der Waals surface area contributed by atoms with Gasteiger partial charge in [-0.3, -0.25) is 0 Å². The van der Waals surface area contributed by atoms with Crippen LogP contribution in [-0.2, 0) is 0 Å². The summed E-state index contributed by atoms with van der Waals surface area (Å²) in [6, 6.07) is 0. The second kappa shape index (κ2) is 4.79. The number of nitrogens with one attached hydrogen (secondary N) is 1. The summed E-state index contributed by atoms with van der Waals surface area (Å²) in [4.78, 5) is 0. The molecule has 2 N–H and O–H groups in total. The number of rotatable bonds is 1. The molecule has 0 aromatic rings. The molecule has 0 bridgehead atoms. The lowest BCUT2D eigenvalue weighted by Gasteiger charge is -2.50. The van der Waals surface area contributed by atoms with E-state index in [1.54, 1.807) is 0 Å². The Labute approximate surface area is 113 Å². The van der Waals surface area contributed by atoms with Crippen LogP contribution in [0.2, 0.25) is 0 Å². The van der Waals surface area contributed by atoms with Crippen LogP contribution in [-0.4, -0.2) is 22.3 Å². The Hall–Kier alpha value is -0.0800. The highest BCUT2D eigenvalue weighted by atomic mass is 16.3. The average molecular weight is 253 g/mol. The van der Waals surface area contributed by atoms with Crippen molar-refractivity contribution in [3.63, 3.8) is 0 Å². The van der Waals surface area contributed by atoms with Crippen LogP contribution in [0.1, 0.15) is 66.7 Å². The van der Waals surface area contributed by atoms with E-state index in [1.807, 2.05) is 0 Å². The maximum Gasteiger partial charge on any atom is 0.0566 e. The van der Waals surface area contributed by atoms with Crippen LogP contribution in [0.15, 0.2) is 0 Å². The maximum atomic E-state index is 9.89. The molecule has 2 nitrogen and oxygen atoms in total. The fourth-order valence-corrected chi connectivity index (χ4v) is 4.58. The number of hydrogen-bond donors (Lipinski definition) is 2. The Balaban J connectivity index is 2.04. The van der Waals surface area contributed by atoms with Crippen LogP contribution < -0.4 is 5.32 Å². The van der Waals surface area contributed by atoms with Crippen LogP contribution in [0.4, 0.5) is 0 Å². The molecule has 2 fully saturated rings. The summed E-state index contributed by atoms with van der Waals surface area (Å²) >= 11 is 0. The number of hydrogen-bond acceptors (Lipinski definition) is 2. The fraction of sp³-hybridized carbons (Fsp3) is 1.00. The Morgan fingerprint density at radius 2 is 1.50 bits per heavy atom. The minimum absolute atomic E-state index is 0.0519. The quantitative estimate of drug-likeness (QED) is 0.751. The summed E-state index contributed by atoms with van der Waals surface area (Å²) < 4.78 is 0. The molecule has 0 aromatic carbocycles. The summed E-state index contributed by atoms with van der Waals surface area (Å²) in [7, 11) is 0. The molecule has 18 heavy (non-hydrogen) atoms. The van der Waals surface area contributed by atoms with E-state index in [0.717, 1.165) is 18.3 Å². The molecule has 0 spiro atoms. The molecule has 0 radical (unpaired) electrons. The van der Waals surface area contributed by atoms with Gasteiger partial charge in [-0.1, -0.05) is 6.92 Å². The minimum atomic E-state index is -0.0519. The lowest BCUT2D eigenvalue weighted by atomic mass is 9.65. The molecular formula is C16H31NO. The van der Waals surface area contributed by atoms with E-state index in [0.29, 0.717) is 5.92 Å². The predicted molar refractivity (Wildman–Crippen MR) is 76.5 cm³/mol. The zero-order valence-corrected chi connectivity index (χ0v) is 12.8. The van der Waals surface area contributed by atoms with Crippen molar-refractivity contribution >= 4 is 0 Å². The van der Waals surface area contributed by atoms with Crippen LogP contribution in [0.5, 0.6) is 0 Å². The van der Waals surface area contributed by atoms with E-state index in [4.69, 9.17) is 0 Å². The van der Waals surface area contributed by atoms with Crippen molar-refractivity contribution in [3.05, 3.63) is 0 Å². The summed E-state index contributed by atoms with van der Waals surface area (Å²) in [6.45, 7) is 11.6. The second-order valence-corrected chi connectivity index (χ2v) is 8.18. The first kappa shape index (κ1) is 14.3. The maximum absolute atomic E-state index is 9.89. The fourth-order valence-electron chi connectivity index (χ4n) is 4.58. The van der Waals surface area contributed by atoms with Crippen LogP contribution in [0, 0.1) is 17.8 Å². The van der Waals surface area contributed by atoms with Gasteiger partial charge in [-0.05, 0) is 77.6 Å². The molecule has 0 amide bonds. The molecule has 1 aliphatic carbocycles. The smallest absolute Gasteiger partial charge is 0.0566 e. The lowest BCUT2D eigenvalue weighted by Crippen LogP contribution is -2.59. The van der Waals surface area contributed by atoms with E-state index in [9.17, 15) is 5.11 Å². The van der Waals surface area contributed by atoms with E-state index >= 15 is 0 Å². The first-order valence-electron chi connectivity index (χ1n) is 7.66. The first-order chi connectivity index (χ1) is 8.19.